The summed E-state index contributed by atoms with van der Waals surface area (Å²) in [5.74, 6) is 0.784. The second kappa shape index (κ2) is 6.34. The van der Waals surface area contributed by atoms with Crippen molar-refractivity contribution >= 4 is 28.6 Å². The minimum Gasteiger partial charge on any atom is -0.497 e. The molecule has 0 N–H and O–H groups in total. The number of rotatable bonds is 3. The van der Waals surface area contributed by atoms with E-state index in [0.717, 1.165) is 26.8 Å². The van der Waals surface area contributed by atoms with Gasteiger partial charge in [0.2, 0.25) is 4.80 Å². The number of nitrogens with zero attached hydrogens (tertiary/aromatic N) is 3. The van der Waals surface area contributed by atoms with Gasteiger partial charge in [-0.15, -0.1) is 0 Å². The van der Waals surface area contributed by atoms with Crippen molar-refractivity contribution in [1.82, 2.24) is 9.78 Å². The standard InChI is InChI=1S/C16H14ClN3OS/c1-20-16(18-13-4-3-5-14(10-13)21-2)22-15(19-20)11-6-8-12(17)9-7-11/h3-10H,1-2H3/b18-16+. The number of aromatic nitrogens is 2. The molecule has 112 valence electrons. The lowest BCUT2D eigenvalue weighted by molar-refractivity contribution is 0.415. The Kier molecular flexibility index (Phi) is 4.27. The maximum atomic E-state index is 5.92. The average molecular weight is 332 g/mol. The Morgan fingerprint density at radius 1 is 1.18 bits per heavy atom. The summed E-state index contributed by atoms with van der Waals surface area (Å²) in [5.41, 5.74) is 1.86. The average Bonchev–Trinajstić information content (AvgIpc) is 2.89. The summed E-state index contributed by atoms with van der Waals surface area (Å²) in [4.78, 5) is 5.44. The first-order valence-corrected chi connectivity index (χ1v) is 7.84. The van der Waals surface area contributed by atoms with Crippen molar-refractivity contribution in [2.45, 2.75) is 0 Å². The van der Waals surface area contributed by atoms with Gasteiger partial charge in [0.15, 0.2) is 0 Å². The van der Waals surface area contributed by atoms with Gasteiger partial charge in [0.1, 0.15) is 10.8 Å². The molecule has 0 radical (unpaired) electrons. The number of methoxy groups -OCH3 is 1. The van der Waals surface area contributed by atoms with E-state index in [1.807, 2.05) is 55.6 Å². The van der Waals surface area contributed by atoms with Gasteiger partial charge in [0.25, 0.3) is 0 Å². The maximum Gasteiger partial charge on any atom is 0.208 e. The van der Waals surface area contributed by atoms with E-state index in [-0.39, 0.29) is 0 Å². The van der Waals surface area contributed by atoms with Crippen molar-refractivity contribution in [2.24, 2.45) is 12.0 Å². The van der Waals surface area contributed by atoms with Crippen LogP contribution in [0.1, 0.15) is 0 Å². The Bertz CT molecular complexity index is 852. The van der Waals surface area contributed by atoms with E-state index in [1.54, 1.807) is 11.8 Å². The number of hydrogen-bond acceptors (Lipinski definition) is 4. The van der Waals surface area contributed by atoms with Crippen LogP contribution in [0.3, 0.4) is 0 Å². The molecule has 0 fully saturated rings. The number of aryl methyl sites for hydroxylation is 1. The Morgan fingerprint density at radius 3 is 2.68 bits per heavy atom. The summed E-state index contributed by atoms with van der Waals surface area (Å²) in [5, 5.41) is 6.13. The largest absolute Gasteiger partial charge is 0.497 e. The van der Waals surface area contributed by atoms with E-state index in [0.29, 0.717) is 5.02 Å². The third kappa shape index (κ3) is 3.21. The fourth-order valence-corrected chi connectivity index (χ4v) is 2.99. The van der Waals surface area contributed by atoms with Crippen LogP contribution in [0.25, 0.3) is 10.6 Å². The molecule has 4 nitrogen and oxygen atoms in total. The predicted molar refractivity (Wildman–Crippen MR) is 89.7 cm³/mol. The Morgan fingerprint density at radius 2 is 1.95 bits per heavy atom. The summed E-state index contributed by atoms with van der Waals surface area (Å²) in [6.45, 7) is 0. The van der Waals surface area contributed by atoms with Gasteiger partial charge < -0.3 is 4.74 Å². The zero-order valence-electron chi connectivity index (χ0n) is 12.2. The highest BCUT2D eigenvalue weighted by molar-refractivity contribution is 7.12. The molecule has 22 heavy (non-hydrogen) atoms. The quantitative estimate of drug-likeness (QED) is 0.726. The van der Waals surface area contributed by atoms with Crippen molar-refractivity contribution < 1.29 is 4.74 Å². The highest BCUT2D eigenvalue weighted by atomic mass is 35.5. The summed E-state index contributed by atoms with van der Waals surface area (Å²) in [6.07, 6.45) is 0. The summed E-state index contributed by atoms with van der Waals surface area (Å²) in [6, 6.07) is 15.3. The topological polar surface area (TPSA) is 39.4 Å². The smallest absolute Gasteiger partial charge is 0.208 e. The second-order valence-corrected chi connectivity index (χ2v) is 6.03. The third-order valence-electron chi connectivity index (χ3n) is 3.07. The molecule has 6 heteroatoms. The number of halogens is 1. The van der Waals surface area contributed by atoms with Crippen molar-refractivity contribution in [3.63, 3.8) is 0 Å². The first-order valence-electron chi connectivity index (χ1n) is 6.64. The molecule has 3 aromatic rings. The van der Waals surface area contributed by atoms with Crippen LogP contribution in [0.15, 0.2) is 53.5 Å². The van der Waals surface area contributed by atoms with Gasteiger partial charge >= 0.3 is 0 Å². The van der Waals surface area contributed by atoms with E-state index >= 15 is 0 Å². The van der Waals surface area contributed by atoms with Crippen molar-refractivity contribution in [2.75, 3.05) is 7.11 Å². The lowest BCUT2D eigenvalue weighted by Gasteiger charge is -1.99. The van der Waals surface area contributed by atoms with Crippen LogP contribution < -0.4 is 9.54 Å². The van der Waals surface area contributed by atoms with Crippen LogP contribution in [0.5, 0.6) is 5.75 Å². The molecule has 0 unspecified atom stereocenters. The van der Waals surface area contributed by atoms with Gasteiger partial charge in [0.05, 0.1) is 12.8 Å². The van der Waals surface area contributed by atoms with Crippen molar-refractivity contribution in [3.8, 4) is 16.3 Å². The van der Waals surface area contributed by atoms with Crippen LogP contribution in [0.2, 0.25) is 5.02 Å². The van der Waals surface area contributed by atoms with Gasteiger partial charge in [0, 0.05) is 23.7 Å². The van der Waals surface area contributed by atoms with Gasteiger partial charge in [-0.05, 0) is 24.3 Å². The van der Waals surface area contributed by atoms with Crippen LogP contribution >= 0.6 is 22.9 Å². The zero-order chi connectivity index (χ0) is 15.5. The van der Waals surface area contributed by atoms with Crippen LogP contribution in [-0.4, -0.2) is 16.9 Å². The lowest BCUT2D eigenvalue weighted by atomic mass is 10.2. The van der Waals surface area contributed by atoms with Crippen LogP contribution in [0.4, 0.5) is 5.69 Å². The Balaban J connectivity index is 2.01. The SMILES string of the molecule is COc1cccc(/N=c2/sc(-c3ccc(Cl)cc3)nn2C)c1. The molecule has 3 rings (SSSR count). The normalized spacial score (nSPS) is 11.7. The Labute approximate surface area is 137 Å². The zero-order valence-corrected chi connectivity index (χ0v) is 13.7. The Hall–Kier alpha value is -2.11. The molecule has 1 aromatic heterocycles. The van der Waals surface area contributed by atoms with Crippen LogP contribution in [0, 0.1) is 0 Å². The molecule has 0 bridgehead atoms. The predicted octanol–water partition coefficient (Wildman–Crippen LogP) is 4.04. The molecule has 0 aliphatic heterocycles. The third-order valence-corrected chi connectivity index (χ3v) is 4.38. The molecule has 0 saturated carbocycles. The molecule has 0 saturated heterocycles. The van der Waals surface area contributed by atoms with E-state index in [4.69, 9.17) is 16.3 Å². The van der Waals surface area contributed by atoms with Gasteiger partial charge in [-0.3, -0.25) is 0 Å². The lowest BCUT2D eigenvalue weighted by Crippen LogP contribution is -2.10. The first kappa shape index (κ1) is 14.8. The molecular weight excluding hydrogens is 318 g/mol. The monoisotopic (exact) mass is 331 g/mol. The van der Waals surface area contributed by atoms with Crippen LogP contribution in [-0.2, 0) is 7.05 Å². The summed E-state index contributed by atoms with van der Waals surface area (Å²) >= 11 is 7.45. The first-order chi connectivity index (χ1) is 10.7. The fraction of sp³-hybridized carbons (Fsp3) is 0.125. The number of benzene rings is 2. The number of ether oxygens (including phenoxy) is 1. The molecule has 0 aliphatic carbocycles. The molecule has 0 aliphatic rings. The van der Waals surface area contributed by atoms with Gasteiger partial charge in [-0.25, -0.2) is 9.67 Å². The van der Waals surface area contributed by atoms with E-state index in [2.05, 4.69) is 10.1 Å². The minimum absolute atomic E-state index is 0.714. The molecule has 2 aromatic carbocycles. The van der Waals surface area contributed by atoms with Crippen molar-refractivity contribution in [3.05, 3.63) is 58.4 Å². The van der Waals surface area contributed by atoms with E-state index in [9.17, 15) is 0 Å². The molecule has 0 spiro atoms. The van der Waals surface area contributed by atoms with Gasteiger partial charge in [-0.2, -0.15) is 5.10 Å². The highest BCUT2D eigenvalue weighted by Crippen LogP contribution is 2.22. The highest BCUT2D eigenvalue weighted by Gasteiger charge is 2.05. The van der Waals surface area contributed by atoms with E-state index in [1.165, 1.54) is 11.3 Å². The molecule has 0 amide bonds. The fourth-order valence-electron chi connectivity index (χ4n) is 1.95. The van der Waals surface area contributed by atoms with Crippen molar-refractivity contribution in [1.29, 1.82) is 0 Å². The maximum absolute atomic E-state index is 5.92. The van der Waals surface area contributed by atoms with Gasteiger partial charge in [-0.1, -0.05) is 41.1 Å². The second-order valence-electron chi connectivity index (χ2n) is 4.63. The number of hydrogen-bond donors (Lipinski definition) is 0. The molecule has 1 heterocycles. The summed E-state index contributed by atoms with van der Waals surface area (Å²) in [7, 11) is 3.53. The van der Waals surface area contributed by atoms with E-state index < -0.39 is 0 Å². The molecule has 0 atom stereocenters. The minimum atomic E-state index is 0.714. The molecular formula is C16H14ClN3OS. The summed E-state index contributed by atoms with van der Waals surface area (Å²) < 4.78 is 6.99.